The van der Waals surface area contributed by atoms with E-state index in [1.54, 1.807) is 29.8 Å². The van der Waals surface area contributed by atoms with E-state index in [2.05, 4.69) is 15.3 Å². The van der Waals surface area contributed by atoms with Crippen LogP contribution < -0.4 is 0 Å². The van der Waals surface area contributed by atoms with Crippen molar-refractivity contribution >= 4 is 0 Å². The monoisotopic (exact) mass is 379 g/mol. The lowest BCUT2D eigenvalue weighted by atomic mass is 10.1. The third-order valence-electron chi connectivity index (χ3n) is 4.55. The average Bonchev–Trinajstić information content (AvgIpc) is 3.27. The van der Waals surface area contributed by atoms with Crippen LogP contribution in [0.1, 0.15) is 37.7 Å². The van der Waals surface area contributed by atoms with Crippen molar-refractivity contribution in [1.82, 2.24) is 24.5 Å². The van der Waals surface area contributed by atoms with Gasteiger partial charge in [-0.25, -0.2) is 22.8 Å². The zero-order valence-electron chi connectivity index (χ0n) is 15.2. The Morgan fingerprint density at radius 1 is 1.19 bits per heavy atom. The molecule has 3 rings (SSSR count). The number of alkyl halides is 2. The predicted octanol–water partition coefficient (Wildman–Crippen LogP) is 3.92. The van der Waals surface area contributed by atoms with Crippen LogP contribution in [0.4, 0.5) is 13.2 Å². The Bertz CT molecular complexity index is 908. The number of benzene rings is 1. The zero-order valence-corrected chi connectivity index (χ0v) is 15.2. The lowest BCUT2D eigenvalue weighted by Gasteiger charge is -2.22. The summed E-state index contributed by atoms with van der Waals surface area (Å²) >= 11 is 0. The molecule has 0 saturated heterocycles. The minimum absolute atomic E-state index is 0.148. The third kappa shape index (κ3) is 4.02. The SMILES string of the molecule is CC([C@H](C)OCc1c(-c2ccccc2F)nnn1C)n1cnc(C(F)F)c1. The summed E-state index contributed by atoms with van der Waals surface area (Å²) in [6, 6.07) is 6.10. The molecule has 0 aliphatic carbocycles. The Balaban J connectivity index is 1.73. The van der Waals surface area contributed by atoms with Gasteiger partial charge in [0.25, 0.3) is 6.43 Å². The largest absolute Gasteiger partial charge is 0.370 e. The van der Waals surface area contributed by atoms with Gasteiger partial charge in [0.15, 0.2) is 0 Å². The van der Waals surface area contributed by atoms with Gasteiger partial charge in [0.05, 0.1) is 30.8 Å². The van der Waals surface area contributed by atoms with E-state index in [1.165, 1.54) is 23.3 Å². The standard InChI is InChI=1S/C18H20F3N5O/c1-11(26-8-15(18(20)21)22-10-26)12(2)27-9-16-17(23-24-25(16)3)13-6-4-5-7-14(13)19/h4-8,10-12,18H,9H2,1-3H3/t11?,12-/m0/s1. The molecular formula is C18H20F3N5O. The number of imidazole rings is 1. The van der Waals surface area contributed by atoms with Gasteiger partial charge >= 0.3 is 0 Å². The number of halogens is 3. The van der Waals surface area contributed by atoms with Crippen LogP contribution in [0.2, 0.25) is 0 Å². The molecule has 1 aromatic carbocycles. The molecule has 0 radical (unpaired) electrons. The van der Waals surface area contributed by atoms with Crippen molar-refractivity contribution in [1.29, 1.82) is 0 Å². The number of ether oxygens (including phenoxy) is 1. The molecule has 1 unspecified atom stereocenters. The van der Waals surface area contributed by atoms with Gasteiger partial charge in [0, 0.05) is 18.8 Å². The molecule has 0 bridgehead atoms. The number of hydrogen-bond donors (Lipinski definition) is 0. The Morgan fingerprint density at radius 2 is 1.93 bits per heavy atom. The molecule has 2 atom stereocenters. The summed E-state index contributed by atoms with van der Waals surface area (Å²) in [5.41, 5.74) is 1.11. The molecule has 2 aromatic heterocycles. The second kappa shape index (κ2) is 7.91. The van der Waals surface area contributed by atoms with Crippen molar-refractivity contribution < 1.29 is 17.9 Å². The van der Waals surface area contributed by atoms with Crippen LogP contribution in [0.5, 0.6) is 0 Å². The molecule has 0 aliphatic heterocycles. The Labute approximate surface area is 154 Å². The third-order valence-corrected chi connectivity index (χ3v) is 4.55. The second-order valence-electron chi connectivity index (χ2n) is 6.29. The lowest BCUT2D eigenvalue weighted by molar-refractivity contribution is 0.0192. The highest BCUT2D eigenvalue weighted by molar-refractivity contribution is 5.61. The maximum atomic E-state index is 14.1. The first kappa shape index (κ1) is 19.1. The first-order chi connectivity index (χ1) is 12.9. The maximum Gasteiger partial charge on any atom is 0.281 e. The fourth-order valence-corrected chi connectivity index (χ4v) is 2.68. The van der Waals surface area contributed by atoms with Crippen molar-refractivity contribution in [3.05, 3.63) is 54.0 Å². The van der Waals surface area contributed by atoms with Gasteiger partial charge in [-0.1, -0.05) is 17.3 Å². The normalized spacial score (nSPS) is 13.9. The van der Waals surface area contributed by atoms with Gasteiger partial charge in [0.2, 0.25) is 0 Å². The van der Waals surface area contributed by atoms with E-state index in [1.807, 2.05) is 13.8 Å². The first-order valence-electron chi connectivity index (χ1n) is 8.45. The van der Waals surface area contributed by atoms with Gasteiger partial charge in [-0.3, -0.25) is 0 Å². The molecule has 6 nitrogen and oxygen atoms in total. The number of aryl methyl sites for hydroxylation is 1. The van der Waals surface area contributed by atoms with Crippen LogP contribution in [-0.2, 0) is 18.4 Å². The summed E-state index contributed by atoms with van der Waals surface area (Å²) in [6.07, 6.45) is -0.250. The minimum Gasteiger partial charge on any atom is -0.370 e. The molecular weight excluding hydrogens is 359 g/mol. The van der Waals surface area contributed by atoms with E-state index in [4.69, 9.17) is 4.74 Å². The zero-order chi connectivity index (χ0) is 19.6. The van der Waals surface area contributed by atoms with Crippen molar-refractivity contribution in [2.45, 2.75) is 39.0 Å². The van der Waals surface area contributed by atoms with Gasteiger partial charge in [0.1, 0.15) is 17.2 Å². The highest BCUT2D eigenvalue weighted by Gasteiger charge is 2.21. The molecule has 0 aliphatic rings. The molecule has 0 fully saturated rings. The maximum absolute atomic E-state index is 14.1. The van der Waals surface area contributed by atoms with E-state index in [9.17, 15) is 13.2 Å². The van der Waals surface area contributed by atoms with E-state index < -0.39 is 12.2 Å². The Hall–Kier alpha value is -2.68. The summed E-state index contributed by atoms with van der Waals surface area (Å²) in [7, 11) is 1.70. The molecule has 0 saturated carbocycles. The smallest absolute Gasteiger partial charge is 0.281 e. The average molecular weight is 379 g/mol. The van der Waals surface area contributed by atoms with Crippen molar-refractivity contribution in [3.63, 3.8) is 0 Å². The fourth-order valence-electron chi connectivity index (χ4n) is 2.68. The van der Waals surface area contributed by atoms with Crippen LogP contribution >= 0.6 is 0 Å². The van der Waals surface area contributed by atoms with Crippen molar-refractivity contribution in [2.75, 3.05) is 0 Å². The van der Waals surface area contributed by atoms with E-state index in [0.717, 1.165) is 0 Å². The summed E-state index contributed by atoms with van der Waals surface area (Å²) in [6.45, 7) is 3.83. The number of hydrogen-bond acceptors (Lipinski definition) is 4. The summed E-state index contributed by atoms with van der Waals surface area (Å²) in [5, 5.41) is 8.00. The quantitative estimate of drug-likeness (QED) is 0.624. The molecule has 27 heavy (non-hydrogen) atoms. The van der Waals surface area contributed by atoms with Crippen molar-refractivity contribution in [2.24, 2.45) is 7.05 Å². The van der Waals surface area contributed by atoms with Crippen molar-refractivity contribution in [3.8, 4) is 11.3 Å². The van der Waals surface area contributed by atoms with E-state index in [-0.39, 0.29) is 24.4 Å². The number of aromatic nitrogens is 5. The highest BCUT2D eigenvalue weighted by Crippen LogP contribution is 2.26. The van der Waals surface area contributed by atoms with E-state index in [0.29, 0.717) is 17.0 Å². The number of rotatable bonds is 7. The van der Waals surface area contributed by atoms with Gasteiger partial charge in [-0.2, -0.15) is 0 Å². The molecule has 144 valence electrons. The minimum atomic E-state index is -2.61. The van der Waals surface area contributed by atoms with Crippen LogP contribution in [0.15, 0.2) is 36.8 Å². The fraction of sp³-hybridized carbons (Fsp3) is 0.389. The highest BCUT2D eigenvalue weighted by atomic mass is 19.3. The molecule has 2 heterocycles. The van der Waals surface area contributed by atoms with Gasteiger partial charge < -0.3 is 9.30 Å². The van der Waals surface area contributed by atoms with Crippen LogP contribution in [0.25, 0.3) is 11.3 Å². The van der Waals surface area contributed by atoms with Crippen LogP contribution in [-0.4, -0.2) is 30.6 Å². The van der Waals surface area contributed by atoms with E-state index >= 15 is 0 Å². The first-order valence-corrected chi connectivity index (χ1v) is 8.45. The molecule has 3 aromatic rings. The van der Waals surface area contributed by atoms with Gasteiger partial charge in [-0.15, -0.1) is 5.10 Å². The molecule has 0 spiro atoms. The topological polar surface area (TPSA) is 57.8 Å². The molecule has 0 N–H and O–H groups in total. The van der Waals surface area contributed by atoms with Gasteiger partial charge in [-0.05, 0) is 26.0 Å². The molecule has 9 heteroatoms. The number of nitrogens with zero attached hydrogens (tertiary/aromatic N) is 5. The van der Waals surface area contributed by atoms with Crippen LogP contribution in [0, 0.1) is 5.82 Å². The summed E-state index contributed by atoms with van der Waals surface area (Å²) in [4.78, 5) is 3.70. The molecule has 0 amide bonds. The lowest BCUT2D eigenvalue weighted by Crippen LogP contribution is -2.21. The summed E-state index contributed by atoms with van der Waals surface area (Å²) in [5.74, 6) is -0.390. The van der Waals surface area contributed by atoms with Crippen LogP contribution in [0.3, 0.4) is 0 Å². The second-order valence-corrected chi connectivity index (χ2v) is 6.29. The Kier molecular flexibility index (Phi) is 5.59. The summed E-state index contributed by atoms with van der Waals surface area (Å²) < 4.78 is 48.5. The predicted molar refractivity (Wildman–Crippen MR) is 92.5 cm³/mol. The Morgan fingerprint density at radius 3 is 2.59 bits per heavy atom.